The summed E-state index contributed by atoms with van der Waals surface area (Å²) in [7, 11) is 0. The largest absolute Gasteiger partial charge is 0.479 e. The average molecular weight is 298 g/mol. The molecule has 2 aliphatic rings. The van der Waals surface area contributed by atoms with Crippen LogP contribution in [0.5, 0.6) is 0 Å². The molecular weight excluding hydrogens is 272 g/mol. The maximum atomic E-state index is 11.9. The van der Waals surface area contributed by atoms with Crippen LogP contribution >= 0.6 is 0 Å². The first kappa shape index (κ1) is 16.1. The molecule has 6 nitrogen and oxygen atoms in total. The Bertz CT molecular complexity index is 414. The van der Waals surface area contributed by atoms with E-state index in [1.165, 1.54) is 12.8 Å². The number of nitrogens with zero attached hydrogens (tertiary/aromatic N) is 1. The van der Waals surface area contributed by atoms with Crippen molar-refractivity contribution in [3.8, 4) is 0 Å². The number of carboxylic acids is 1. The van der Waals surface area contributed by atoms with Gasteiger partial charge in [0.25, 0.3) is 0 Å². The smallest absolute Gasteiger partial charge is 0.408 e. The minimum atomic E-state index is -1.22. The fraction of sp³-hybridized carbons (Fsp3) is 0.867. The van der Waals surface area contributed by atoms with Gasteiger partial charge in [-0.2, -0.15) is 0 Å². The van der Waals surface area contributed by atoms with Crippen LogP contribution < -0.4 is 5.32 Å². The highest BCUT2D eigenvalue weighted by molar-refractivity contribution is 5.85. The number of aliphatic carboxylic acids is 1. The molecule has 0 aromatic carbocycles. The minimum Gasteiger partial charge on any atom is -0.479 e. The Morgan fingerprint density at radius 3 is 2.57 bits per heavy atom. The number of alkyl carbamates (subject to hydrolysis) is 1. The van der Waals surface area contributed by atoms with E-state index in [9.17, 15) is 14.7 Å². The summed E-state index contributed by atoms with van der Waals surface area (Å²) in [4.78, 5) is 25.6. The van der Waals surface area contributed by atoms with Gasteiger partial charge in [0.15, 0.2) is 5.54 Å². The number of likely N-dealkylation sites (tertiary alicyclic amines) is 1. The van der Waals surface area contributed by atoms with E-state index in [1.54, 1.807) is 20.8 Å². The standard InChI is InChI=1S/C15H26N2O4/c1-14(2,3)21-13(20)16-15(12(18)19)7-9-17(10-15)8-6-11-4-5-11/h11H,4-10H2,1-3H3,(H,16,20)(H,18,19). The quantitative estimate of drug-likeness (QED) is 0.809. The molecule has 1 heterocycles. The molecule has 1 saturated heterocycles. The summed E-state index contributed by atoms with van der Waals surface area (Å²) in [5, 5.41) is 12.1. The van der Waals surface area contributed by atoms with E-state index in [0.29, 0.717) is 19.5 Å². The summed E-state index contributed by atoms with van der Waals surface area (Å²) in [5.41, 5.74) is -1.85. The van der Waals surface area contributed by atoms with Crippen molar-refractivity contribution in [3.05, 3.63) is 0 Å². The van der Waals surface area contributed by atoms with Crippen molar-refractivity contribution in [1.82, 2.24) is 10.2 Å². The number of rotatable bonds is 5. The lowest BCUT2D eigenvalue weighted by Gasteiger charge is -2.28. The van der Waals surface area contributed by atoms with Crippen LogP contribution in [0.4, 0.5) is 4.79 Å². The zero-order chi connectivity index (χ0) is 15.7. The number of carboxylic acid groups (broad SMARTS) is 1. The molecule has 0 aromatic heterocycles. The molecule has 2 fully saturated rings. The molecule has 1 atom stereocenters. The molecule has 2 rings (SSSR count). The van der Waals surface area contributed by atoms with Crippen molar-refractivity contribution < 1.29 is 19.4 Å². The fourth-order valence-corrected chi connectivity index (χ4v) is 2.68. The zero-order valence-corrected chi connectivity index (χ0v) is 13.1. The Morgan fingerprint density at radius 1 is 1.38 bits per heavy atom. The zero-order valence-electron chi connectivity index (χ0n) is 13.1. The fourth-order valence-electron chi connectivity index (χ4n) is 2.68. The van der Waals surface area contributed by atoms with Crippen molar-refractivity contribution in [2.45, 2.75) is 57.6 Å². The van der Waals surface area contributed by atoms with Crippen LogP contribution in [0.3, 0.4) is 0 Å². The number of amides is 1. The molecule has 0 radical (unpaired) electrons. The van der Waals surface area contributed by atoms with E-state index in [2.05, 4.69) is 10.2 Å². The third-order valence-corrected chi connectivity index (χ3v) is 4.05. The Hall–Kier alpha value is -1.30. The Labute approximate surface area is 125 Å². The second-order valence-electron chi connectivity index (χ2n) is 7.27. The summed E-state index contributed by atoms with van der Waals surface area (Å²) in [6.45, 7) is 7.25. The molecular formula is C15H26N2O4. The molecule has 1 amide bonds. The van der Waals surface area contributed by atoms with Gasteiger partial charge in [-0.15, -0.1) is 0 Å². The molecule has 6 heteroatoms. The van der Waals surface area contributed by atoms with E-state index in [4.69, 9.17) is 4.74 Å². The molecule has 1 unspecified atom stereocenters. The van der Waals surface area contributed by atoms with Crippen LogP contribution in [0.15, 0.2) is 0 Å². The van der Waals surface area contributed by atoms with E-state index in [0.717, 1.165) is 18.9 Å². The second-order valence-corrected chi connectivity index (χ2v) is 7.27. The summed E-state index contributed by atoms with van der Waals surface area (Å²) < 4.78 is 5.19. The second kappa shape index (κ2) is 5.83. The number of hydrogen-bond donors (Lipinski definition) is 2. The third kappa shape index (κ3) is 4.59. The van der Waals surface area contributed by atoms with E-state index in [1.807, 2.05) is 0 Å². The highest BCUT2D eigenvalue weighted by Gasteiger charge is 2.47. The summed E-state index contributed by atoms with van der Waals surface area (Å²) >= 11 is 0. The molecule has 0 aromatic rings. The van der Waals surface area contributed by atoms with Crippen LogP contribution in [0, 0.1) is 5.92 Å². The molecule has 2 N–H and O–H groups in total. The van der Waals surface area contributed by atoms with Gasteiger partial charge in [0.05, 0.1) is 0 Å². The molecule has 1 aliphatic heterocycles. The Balaban J connectivity index is 1.91. The SMILES string of the molecule is CC(C)(C)OC(=O)NC1(C(=O)O)CCN(CCC2CC2)C1. The van der Waals surface area contributed by atoms with Crippen molar-refractivity contribution in [3.63, 3.8) is 0 Å². The van der Waals surface area contributed by atoms with E-state index >= 15 is 0 Å². The van der Waals surface area contributed by atoms with Gasteiger partial charge in [0.1, 0.15) is 5.60 Å². The highest BCUT2D eigenvalue weighted by Crippen LogP contribution is 2.33. The Kier molecular flexibility index (Phi) is 4.46. The lowest BCUT2D eigenvalue weighted by atomic mass is 9.99. The first-order chi connectivity index (χ1) is 9.70. The number of hydrogen-bond acceptors (Lipinski definition) is 4. The van der Waals surface area contributed by atoms with E-state index < -0.39 is 23.2 Å². The lowest BCUT2D eigenvalue weighted by Crippen LogP contribution is -2.57. The molecule has 0 bridgehead atoms. The Morgan fingerprint density at radius 2 is 2.05 bits per heavy atom. The molecule has 21 heavy (non-hydrogen) atoms. The maximum Gasteiger partial charge on any atom is 0.408 e. The van der Waals surface area contributed by atoms with Gasteiger partial charge in [-0.25, -0.2) is 9.59 Å². The van der Waals surface area contributed by atoms with Gasteiger partial charge in [0.2, 0.25) is 0 Å². The van der Waals surface area contributed by atoms with Crippen molar-refractivity contribution in [2.75, 3.05) is 19.6 Å². The van der Waals surface area contributed by atoms with Gasteiger partial charge in [-0.05, 0) is 46.1 Å². The van der Waals surface area contributed by atoms with Crippen molar-refractivity contribution in [2.24, 2.45) is 5.92 Å². The first-order valence-corrected chi connectivity index (χ1v) is 7.67. The first-order valence-electron chi connectivity index (χ1n) is 7.67. The van der Waals surface area contributed by atoms with E-state index in [-0.39, 0.29) is 0 Å². The summed E-state index contributed by atoms with van der Waals surface area (Å²) in [6.07, 6.45) is 3.49. The molecule has 1 aliphatic carbocycles. The van der Waals surface area contributed by atoms with Gasteiger partial charge >= 0.3 is 12.1 Å². The van der Waals surface area contributed by atoms with Crippen molar-refractivity contribution >= 4 is 12.1 Å². The monoisotopic (exact) mass is 298 g/mol. The van der Waals surface area contributed by atoms with Crippen LogP contribution in [0.25, 0.3) is 0 Å². The van der Waals surface area contributed by atoms with Gasteiger partial charge in [-0.1, -0.05) is 12.8 Å². The number of carbonyl (C=O) groups is 2. The minimum absolute atomic E-state index is 0.355. The molecule has 120 valence electrons. The lowest BCUT2D eigenvalue weighted by molar-refractivity contribution is -0.144. The van der Waals surface area contributed by atoms with Crippen LogP contribution in [-0.4, -0.2) is 52.8 Å². The van der Waals surface area contributed by atoms with Crippen LogP contribution in [-0.2, 0) is 9.53 Å². The normalized spacial score (nSPS) is 26.6. The average Bonchev–Trinajstić information content (AvgIpc) is 3.06. The predicted molar refractivity (Wildman–Crippen MR) is 78.1 cm³/mol. The van der Waals surface area contributed by atoms with Crippen molar-refractivity contribution in [1.29, 1.82) is 0 Å². The number of nitrogens with one attached hydrogen (secondary N) is 1. The molecule has 1 saturated carbocycles. The summed E-state index contributed by atoms with van der Waals surface area (Å²) in [5.74, 6) is -0.161. The van der Waals surface area contributed by atoms with Gasteiger partial charge in [-0.3, -0.25) is 0 Å². The highest BCUT2D eigenvalue weighted by atomic mass is 16.6. The van der Waals surface area contributed by atoms with Gasteiger partial charge < -0.3 is 20.1 Å². The van der Waals surface area contributed by atoms with Crippen LogP contribution in [0.1, 0.15) is 46.5 Å². The third-order valence-electron chi connectivity index (χ3n) is 4.05. The van der Waals surface area contributed by atoms with Gasteiger partial charge in [0, 0.05) is 13.1 Å². The predicted octanol–water partition coefficient (Wildman–Crippen LogP) is 1.84. The number of ether oxygens (including phenoxy) is 1. The molecule has 0 spiro atoms. The maximum absolute atomic E-state index is 11.9. The summed E-state index contributed by atoms with van der Waals surface area (Å²) in [6, 6.07) is 0. The van der Waals surface area contributed by atoms with Crippen LogP contribution in [0.2, 0.25) is 0 Å². The topological polar surface area (TPSA) is 78.9 Å². The number of carbonyl (C=O) groups excluding carboxylic acids is 1.